The van der Waals surface area contributed by atoms with Crippen molar-refractivity contribution in [1.82, 2.24) is 0 Å². The fourth-order valence-electron chi connectivity index (χ4n) is 2.61. The first-order valence-electron chi connectivity index (χ1n) is 8.44. The normalized spacial score (nSPS) is 11.4. The van der Waals surface area contributed by atoms with E-state index in [9.17, 15) is 9.59 Å². The summed E-state index contributed by atoms with van der Waals surface area (Å²) in [4.78, 5) is 26.1. The van der Waals surface area contributed by atoms with Gasteiger partial charge in [0.05, 0.1) is 18.4 Å². The lowest BCUT2D eigenvalue weighted by molar-refractivity contribution is -0.115. The first kappa shape index (κ1) is 18.7. The Morgan fingerprint density at radius 3 is 2.11 bits per heavy atom. The molecular formula is C22H19NO3S. The van der Waals surface area contributed by atoms with Crippen molar-refractivity contribution in [3.63, 3.8) is 0 Å². The third kappa shape index (κ3) is 4.77. The Hall–Kier alpha value is -3.05. The van der Waals surface area contributed by atoms with Gasteiger partial charge in [0.1, 0.15) is 5.25 Å². The zero-order chi connectivity index (χ0) is 19.1. The first-order valence-corrected chi connectivity index (χ1v) is 9.32. The lowest BCUT2D eigenvalue weighted by Gasteiger charge is -2.18. The van der Waals surface area contributed by atoms with Crippen LogP contribution in [0, 0.1) is 0 Å². The predicted molar refractivity (Wildman–Crippen MR) is 108 cm³/mol. The van der Waals surface area contributed by atoms with Crippen molar-refractivity contribution in [2.24, 2.45) is 0 Å². The zero-order valence-electron chi connectivity index (χ0n) is 14.8. The number of thioether (sulfide) groups is 1. The van der Waals surface area contributed by atoms with Gasteiger partial charge in [-0.3, -0.25) is 4.79 Å². The second-order valence-corrected chi connectivity index (χ2v) is 6.93. The van der Waals surface area contributed by atoms with Crippen LogP contribution in [0.25, 0.3) is 0 Å². The lowest BCUT2D eigenvalue weighted by atomic mass is 10.1. The van der Waals surface area contributed by atoms with Crippen molar-refractivity contribution < 1.29 is 14.3 Å². The largest absolute Gasteiger partial charge is 0.465 e. The summed E-state index contributed by atoms with van der Waals surface area (Å²) in [5.41, 5.74) is 1.65. The Bertz CT molecular complexity index is 913. The summed E-state index contributed by atoms with van der Waals surface area (Å²) >= 11 is 1.46. The number of rotatable bonds is 6. The molecule has 0 bridgehead atoms. The molecule has 136 valence electrons. The summed E-state index contributed by atoms with van der Waals surface area (Å²) < 4.78 is 4.80. The maximum absolute atomic E-state index is 13.1. The van der Waals surface area contributed by atoms with Crippen LogP contribution in [0.1, 0.15) is 21.2 Å². The van der Waals surface area contributed by atoms with Crippen LogP contribution in [0.4, 0.5) is 5.69 Å². The molecule has 1 atom stereocenters. The van der Waals surface area contributed by atoms with E-state index in [2.05, 4.69) is 5.32 Å². The lowest BCUT2D eigenvalue weighted by Crippen LogP contribution is -2.20. The average molecular weight is 377 g/mol. The number of amides is 1. The van der Waals surface area contributed by atoms with Crippen molar-refractivity contribution in [1.29, 1.82) is 0 Å². The molecule has 1 N–H and O–H groups in total. The molecule has 3 rings (SSSR count). The van der Waals surface area contributed by atoms with Crippen LogP contribution in [0.2, 0.25) is 0 Å². The van der Waals surface area contributed by atoms with Gasteiger partial charge in [-0.1, -0.05) is 60.7 Å². The molecular weight excluding hydrogens is 358 g/mol. The van der Waals surface area contributed by atoms with Crippen LogP contribution in [-0.4, -0.2) is 19.0 Å². The van der Waals surface area contributed by atoms with E-state index in [1.807, 2.05) is 60.7 Å². The van der Waals surface area contributed by atoms with E-state index in [0.29, 0.717) is 11.3 Å². The number of carbonyl (C=O) groups excluding carboxylic acids is 2. The predicted octanol–water partition coefficient (Wildman–Crippen LogP) is 4.95. The van der Waals surface area contributed by atoms with Crippen LogP contribution in [0.3, 0.4) is 0 Å². The SMILES string of the molecule is COC(=O)c1ccccc1NC(=O)[C@@H](Sc1ccccc1)c1ccccc1. The van der Waals surface area contributed by atoms with Crippen molar-refractivity contribution in [2.75, 3.05) is 12.4 Å². The molecule has 0 aliphatic heterocycles. The summed E-state index contributed by atoms with van der Waals surface area (Å²) in [7, 11) is 1.32. The van der Waals surface area contributed by atoms with E-state index >= 15 is 0 Å². The molecule has 3 aromatic rings. The molecule has 0 spiro atoms. The third-order valence-electron chi connectivity index (χ3n) is 3.93. The summed E-state index contributed by atoms with van der Waals surface area (Å²) in [6.45, 7) is 0. The molecule has 0 aromatic heterocycles. The van der Waals surface area contributed by atoms with Crippen LogP contribution >= 0.6 is 11.8 Å². The van der Waals surface area contributed by atoms with E-state index in [-0.39, 0.29) is 5.91 Å². The molecule has 0 radical (unpaired) electrons. The third-order valence-corrected chi connectivity index (χ3v) is 5.19. The van der Waals surface area contributed by atoms with E-state index in [4.69, 9.17) is 4.74 Å². The highest BCUT2D eigenvalue weighted by molar-refractivity contribution is 8.00. The molecule has 0 saturated heterocycles. The monoisotopic (exact) mass is 377 g/mol. The smallest absolute Gasteiger partial charge is 0.339 e. The van der Waals surface area contributed by atoms with Crippen molar-refractivity contribution in [2.45, 2.75) is 10.1 Å². The van der Waals surface area contributed by atoms with E-state index in [0.717, 1.165) is 10.5 Å². The van der Waals surface area contributed by atoms with Crippen LogP contribution in [0.15, 0.2) is 89.8 Å². The van der Waals surface area contributed by atoms with E-state index < -0.39 is 11.2 Å². The minimum absolute atomic E-state index is 0.202. The fourth-order valence-corrected chi connectivity index (χ4v) is 3.66. The van der Waals surface area contributed by atoms with Gasteiger partial charge in [-0.05, 0) is 29.8 Å². The Morgan fingerprint density at radius 1 is 0.852 bits per heavy atom. The molecule has 0 fully saturated rings. The van der Waals surface area contributed by atoms with Crippen LogP contribution in [-0.2, 0) is 9.53 Å². The minimum Gasteiger partial charge on any atom is -0.465 e. The quantitative estimate of drug-likeness (QED) is 0.488. The Balaban J connectivity index is 1.89. The number of para-hydroxylation sites is 1. The maximum atomic E-state index is 13.1. The maximum Gasteiger partial charge on any atom is 0.339 e. The Labute approximate surface area is 162 Å². The topological polar surface area (TPSA) is 55.4 Å². The molecule has 0 heterocycles. The average Bonchev–Trinajstić information content (AvgIpc) is 2.73. The summed E-state index contributed by atoms with van der Waals surface area (Å²) in [5, 5.41) is 2.43. The number of ether oxygens (including phenoxy) is 1. The molecule has 1 amide bonds. The molecule has 0 aliphatic carbocycles. The minimum atomic E-state index is -0.488. The van der Waals surface area contributed by atoms with Gasteiger partial charge in [0.15, 0.2) is 0 Å². The van der Waals surface area contributed by atoms with Crippen LogP contribution in [0.5, 0.6) is 0 Å². The fraction of sp³-hybridized carbons (Fsp3) is 0.0909. The van der Waals surface area contributed by atoms with Gasteiger partial charge in [-0.25, -0.2) is 4.79 Å². The van der Waals surface area contributed by atoms with E-state index in [1.165, 1.54) is 18.9 Å². The summed E-state index contributed by atoms with van der Waals surface area (Å²) in [6.07, 6.45) is 0. The zero-order valence-corrected chi connectivity index (χ0v) is 15.6. The second kappa shape index (κ2) is 9.05. The van der Waals surface area contributed by atoms with E-state index in [1.54, 1.807) is 24.3 Å². The van der Waals surface area contributed by atoms with Gasteiger partial charge in [-0.15, -0.1) is 11.8 Å². The molecule has 3 aromatic carbocycles. The number of nitrogens with one attached hydrogen (secondary N) is 1. The highest BCUT2D eigenvalue weighted by Gasteiger charge is 2.23. The molecule has 27 heavy (non-hydrogen) atoms. The van der Waals surface area contributed by atoms with Gasteiger partial charge >= 0.3 is 5.97 Å². The number of carbonyl (C=O) groups is 2. The number of methoxy groups -OCH3 is 1. The summed E-state index contributed by atoms with van der Waals surface area (Å²) in [6, 6.07) is 26.1. The van der Waals surface area contributed by atoms with Gasteiger partial charge < -0.3 is 10.1 Å². The molecule has 4 nitrogen and oxygen atoms in total. The molecule has 0 saturated carbocycles. The number of benzene rings is 3. The number of hydrogen-bond acceptors (Lipinski definition) is 4. The highest BCUT2D eigenvalue weighted by atomic mass is 32.2. The van der Waals surface area contributed by atoms with Crippen molar-refractivity contribution in [3.05, 3.63) is 96.1 Å². The van der Waals surface area contributed by atoms with Crippen molar-refractivity contribution in [3.8, 4) is 0 Å². The first-order chi connectivity index (χ1) is 13.2. The second-order valence-electron chi connectivity index (χ2n) is 5.75. The number of hydrogen-bond donors (Lipinski definition) is 1. The summed E-state index contributed by atoms with van der Waals surface area (Å²) in [5.74, 6) is -0.690. The van der Waals surface area contributed by atoms with Crippen molar-refractivity contribution >= 4 is 29.3 Å². The van der Waals surface area contributed by atoms with Gasteiger partial charge in [0, 0.05) is 4.90 Å². The van der Waals surface area contributed by atoms with Gasteiger partial charge in [0.25, 0.3) is 0 Å². The Morgan fingerprint density at radius 2 is 1.44 bits per heavy atom. The number of anilines is 1. The molecule has 5 heteroatoms. The Kier molecular flexibility index (Phi) is 6.28. The standard InChI is InChI=1S/C22H19NO3S/c1-26-22(25)18-14-8-9-15-19(18)23-21(24)20(16-10-4-2-5-11-16)27-17-12-6-3-7-13-17/h2-15,20H,1H3,(H,23,24)/t20-/m0/s1. The van der Waals surface area contributed by atoms with Gasteiger partial charge in [-0.2, -0.15) is 0 Å². The van der Waals surface area contributed by atoms with Crippen LogP contribution < -0.4 is 5.32 Å². The highest BCUT2D eigenvalue weighted by Crippen LogP contribution is 2.36. The van der Waals surface area contributed by atoms with Gasteiger partial charge in [0.2, 0.25) is 5.91 Å². The molecule has 0 aliphatic rings. The molecule has 0 unspecified atom stereocenters. The number of esters is 1.